The summed E-state index contributed by atoms with van der Waals surface area (Å²) >= 11 is 0. The molecule has 2 atom stereocenters. The van der Waals surface area contributed by atoms with Crippen molar-refractivity contribution in [1.29, 1.82) is 0 Å². The van der Waals surface area contributed by atoms with Crippen molar-refractivity contribution in [2.24, 2.45) is 5.92 Å². The van der Waals surface area contributed by atoms with E-state index in [9.17, 15) is 4.79 Å². The highest BCUT2D eigenvalue weighted by Crippen LogP contribution is 2.55. The third-order valence-corrected chi connectivity index (χ3v) is 3.94. The van der Waals surface area contributed by atoms with Crippen molar-refractivity contribution >= 4 is 16.7 Å². The molecule has 1 fully saturated rings. The first kappa shape index (κ1) is 10.3. The Labute approximate surface area is 99.9 Å². The number of carbonyl (C=O) groups is 1. The molecule has 86 valence electrons. The molecule has 0 heterocycles. The zero-order chi connectivity index (χ0) is 12.0. The van der Waals surface area contributed by atoms with Crippen LogP contribution in [0.3, 0.4) is 0 Å². The molecule has 0 saturated heterocycles. The molecule has 2 nitrogen and oxygen atoms in total. The predicted octanol–water partition coefficient (Wildman–Crippen LogP) is 3.20. The monoisotopic (exact) mass is 226 g/mol. The smallest absolute Gasteiger partial charge is 0.307 e. The van der Waals surface area contributed by atoms with Gasteiger partial charge in [0.15, 0.2) is 0 Å². The normalized spacial score (nSPS) is 27.0. The number of rotatable bonds is 2. The van der Waals surface area contributed by atoms with Crippen LogP contribution in [0.4, 0.5) is 0 Å². The van der Waals surface area contributed by atoms with Crippen LogP contribution in [-0.4, -0.2) is 11.1 Å². The van der Waals surface area contributed by atoms with E-state index in [-0.39, 0.29) is 11.3 Å². The van der Waals surface area contributed by atoms with Gasteiger partial charge in [-0.1, -0.05) is 49.4 Å². The van der Waals surface area contributed by atoms with E-state index in [1.165, 1.54) is 16.3 Å². The standard InChI is InChI=1S/C15H14O2/c1-15(9-13(15)14(16)17)12-8-4-6-10-5-2-3-7-11(10)12/h2-8,13H,9H2,1H3,(H,16,17). The molecule has 1 N–H and O–H groups in total. The number of hydrogen-bond acceptors (Lipinski definition) is 1. The van der Waals surface area contributed by atoms with Crippen LogP contribution in [0.1, 0.15) is 18.9 Å². The van der Waals surface area contributed by atoms with Crippen molar-refractivity contribution in [2.75, 3.05) is 0 Å². The molecule has 1 aliphatic carbocycles. The zero-order valence-corrected chi connectivity index (χ0v) is 9.68. The number of hydrogen-bond donors (Lipinski definition) is 1. The van der Waals surface area contributed by atoms with Gasteiger partial charge < -0.3 is 5.11 Å². The van der Waals surface area contributed by atoms with Crippen LogP contribution in [-0.2, 0) is 10.2 Å². The zero-order valence-electron chi connectivity index (χ0n) is 9.68. The maximum absolute atomic E-state index is 11.1. The first-order valence-electron chi connectivity index (χ1n) is 5.84. The van der Waals surface area contributed by atoms with Gasteiger partial charge in [0.1, 0.15) is 0 Å². The molecule has 2 heteroatoms. The summed E-state index contributed by atoms with van der Waals surface area (Å²) in [6.07, 6.45) is 0.746. The average molecular weight is 226 g/mol. The Morgan fingerprint density at radius 3 is 2.65 bits per heavy atom. The van der Waals surface area contributed by atoms with Gasteiger partial charge in [0, 0.05) is 5.41 Å². The lowest BCUT2D eigenvalue weighted by Gasteiger charge is -2.13. The number of benzene rings is 2. The third-order valence-electron chi connectivity index (χ3n) is 3.94. The first-order valence-corrected chi connectivity index (χ1v) is 5.84. The van der Waals surface area contributed by atoms with Gasteiger partial charge in [-0.2, -0.15) is 0 Å². The van der Waals surface area contributed by atoms with Crippen LogP contribution < -0.4 is 0 Å². The average Bonchev–Trinajstić information content (AvgIpc) is 3.02. The van der Waals surface area contributed by atoms with Gasteiger partial charge in [-0.05, 0) is 22.8 Å². The lowest BCUT2D eigenvalue weighted by molar-refractivity contribution is -0.138. The summed E-state index contributed by atoms with van der Waals surface area (Å²) in [6, 6.07) is 14.3. The van der Waals surface area contributed by atoms with Crippen LogP contribution >= 0.6 is 0 Å². The Kier molecular flexibility index (Phi) is 2.02. The van der Waals surface area contributed by atoms with E-state index in [1.807, 2.05) is 25.1 Å². The second-order valence-electron chi connectivity index (χ2n) is 5.04. The summed E-state index contributed by atoms with van der Waals surface area (Å²) in [7, 11) is 0. The molecule has 0 amide bonds. The molecule has 3 rings (SSSR count). The van der Waals surface area contributed by atoms with Crippen LogP contribution in [0.25, 0.3) is 10.8 Å². The van der Waals surface area contributed by atoms with Crippen molar-refractivity contribution in [2.45, 2.75) is 18.8 Å². The fourth-order valence-electron chi connectivity index (χ4n) is 2.75. The number of fused-ring (bicyclic) bond motifs is 1. The van der Waals surface area contributed by atoms with E-state index >= 15 is 0 Å². The number of carboxylic acids is 1. The minimum atomic E-state index is -0.680. The SMILES string of the molecule is CC1(c2cccc3ccccc23)CC1C(=O)O. The maximum Gasteiger partial charge on any atom is 0.307 e. The Bertz CT molecular complexity index is 597. The molecule has 0 spiro atoms. The van der Waals surface area contributed by atoms with Gasteiger partial charge in [-0.15, -0.1) is 0 Å². The summed E-state index contributed by atoms with van der Waals surface area (Å²) in [5.74, 6) is -0.909. The van der Waals surface area contributed by atoms with E-state index in [0.717, 1.165) is 6.42 Å². The van der Waals surface area contributed by atoms with E-state index in [0.29, 0.717) is 0 Å². The molecule has 2 aromatic carbocycles. The molecule has 0 aromatic heterocycles. The number of carboxylic acid groups (broad SMARTS) is 1. The van der Waals surface area contributed by atoms with Gasteiger partial charge >= 0.3 is 5.97 Å². The van der Waals surface area contributed by atoms with E-state index in [4.69, 9.17) is 5.11 Å². The third kappa shape index (κ3) is 1.44. The largest absolute Gasteiger partial charge is 0.481 e. The Morgan fingerprint density at radius 2 is 1.94 bits per heavy atom. The summed E-state index contributed by atoms with van der Waals surface area (Å²) < 4.78 is 0. The second-order valence-corrected chi connectivity index (χ2v) is 5.04. The molecule has 2 aromatic rings. The highest BCUT2D eigenvalue weighted by molar-refractivity contribution is 5.89. The Morgan fingerprint density at radius 1 is 1.24 bits per heavy atom. The summed E-state index contributed by atoms with van der Waals surface area (Å²) in [5.41, 5.74) is 0.982. The second kappa shape index (κ2) is 3.33. The van der Waals surface area contributed by atoms with Crippen molar-refractivity contribution in [1.82, 2.24) is 0 Å². The molecule has 2 unspecified atom stereocenters. The number of aliphatic carboxylic acids is 1. The lowest BCUT2D eigenvalue weighted by Crippen LogP contribution is -2.11. The van der Waals surface area contributed by atoms with Crippen LogP contribution in [0.2, 0.25) is 0 Å². The van der Waals surface area contributed by atoms with Crippen molar-refractivity contribution < 1.29 is 9.90 Å². The molecule has 1 aliphatic rings. The lowest BCUT2D eigenvalue weighted by atomic mass is 9.90. The molecule has 17 heavy (non-hydrogen) atoms. The fraction of sp³-hybridized carbons (Fsp3) is 0.267. The summed E-state index contributed by atoms with van der Waals surface area (Å²) in [6.45, 7) is 2.05. The van der Waals surface area contributed by atoms with Crippen molar-refractivity contribution in [3.05, 3.63) is 48.0 Å². The topological polar surface area (TPSA) is 37.3 Å². The molecule has 1 saturated carbocycles. The summed E-state index contributed by atoms with van der Waals surface area (Å²) in [4.78, 5) is 11.1. The quantitative estimate of drug-likeness (QED) is 0.853. The predicted molar refractivity (Wildman–Crippen MR) is 67.0 cm³/mol. The van der Waals surface area contributed by atoms with Crippen LogP contribution in [0, 0.1) is 5.92 Å². The van der Waals surface area contributed by atoms with Gasteiger partial charge in [-0.25, -0.2) is 0 Å². The van der Waals surface area contributed by atoms with Gasteiger partial charge in [0.2, 0.25) is 0 Å². The highest BCUT2D eigenvalue weighted by atomic mass is 16.4. The minimum absolute atomic E-state index is 0.188. The van der Waals surface area contributed by atoms with E-state index < -0.39 is 5.97 Å². The Hall–Kier alpha value is -1.83. The maximum atomic E-state index is 11.1. The fourth-order valence-corrected chi connectivity index (χ4v) is 2.75. The molecular weight excluding hydrogens is 212 g/mol. The van der Waals surface area contributed by atoms with Crippen molar-refractivity contribution in [3.8, 4) is 0 Å². The van der Waals surface area contributed by atoms with Crippen LogP contribution in [0.15, 0.2) is 42.5 Å². The molecular formula is C15H14O2. The summed E-state index contributed by atoms with van der Waals surface area (Å²) in [5, 5.41) is 11.5. The molecule has 0 aliphatic heterocycles. The van der Waals surface area contributed by atoms with Gasteiger partial charge in [0.25, 0.3) is 0 Å². The van der Waals surface area contributed by atoms with Gasteiger partial charge in [0.05, 0.1) is 5.92 Å². The van der Waals surface area contributed by atoms with E-state index in [1.54, 1.807) is 0 Å². The molecule has 0 bridgehead atoms. The van der Waals surface area contributed by atoms with Gasteiger partial charge in [-0.3, -0.25) is 4.79 Å². The highest BCUT2D eigenvalue weighted by Gasteiger charge is 2.56. The van der Waals surface area contributed by atoms with E-state index in [2.05, 4.69) is 24.3 Å². The Balaban J connectivity index is 2.16. The minimum Gasteiger partial charge on any atom is -0.481 e. The van der Waals surface area contributed by atoms with Crippen LogP contribution in [0.5, 0.6) is 0 Å². The van der Waals surface area contributed by atoms with Crippen molar-refractivity contribution in [3.63, 3.8) is 0 Å². The first-order chi connectivity index (χ1) is 8.13. The molecule has 0 radical (unpaired) electrons.